The predicted molar refractivity (Wildman–Crippen MR) is 92.6 cm³/mol. The van der Waals surface area contributed by atoms with Gasteiger partial charge in [0.25, 0.3) is 0 Å². The predicted octanol–water partition coefficient (Wildman–Crippen LogP) is 3.13. The maximum absolute atomic E-state index is 5.86. The third-order valence-electron chi connectivity index (χ3n) is 4.12. The zero-order valence-corrected chi connectivity index (χ0v) is 13.7. The SMILES string of the molecule is Cc1ccc(C)c(-n2nnc(CN)c2CCc2ccccc2)c1. The lowest BCUT2D eigenvalue weighted by Gasteiger charge is -2.11. The normalized spacial score (nSPS) is 10.9. The van der Waals surface area contributed by atoms with Crippen molar-refractivity contribution in [2.24, 2.45) is 5.73 Å². The topological polar surface area (TPSA) is 56.7 Å². The van der Waals surface area contributed by atoms with Crippen molar-refractivity contribution in [1.29, 1.82) is 0 Å². The Hall–Kier alpha value is -2.46. The first-order valence-electron chi connectivity index (χ1n) is 7.94. The van der Waals surface area contributed by atoms with Gasteiger partial charge in [0, 0.05) is 6.54 Å². The lowest BCUT2D eigenvalue weighted by atomic mass is 10.1. The van der Waals surface area contributed by atoms with Gasteiger partial charge in [-0.15, -0.1) is 5.10 Å². The molecule has 0 aliphatic rings. The molecule has 3 aromatic rings. The van der Waals surface area contributed by atoms with Gasteiger partial charge in [0.05, 0.1) is 17.1 Å². The summed E-state index contributed by atoms with van der Waals surface area (Å²) in [6.07, 6.45) is 1.82. The average molecular weight is 306 g/mol. The van der Waals surface area contributed by atoms with Gasteiger partial charge in [-0.1, -0.05) is 47.7 Å². The van der Waals surface area contributed by atoms with E-state index in [-0.39, 0.29) is 0 Å². The summed E-state index contributed by atoms with van der Waals surface area (Å²) in [6.45, 7) is 4.60. The van der Waals surface area contributed by atoms with Gasteiger partial charge >= 0.3 is 0 Å². The first-order chi connectivity index (χ1) is 11.2. The summed E-state index contributed by atoms with van der Waals surface area (Å²) in [7, 11) is 0. The Morgan fingerprint density at radius 3 is 2.52 bits per heavy atom. The largest absolute Gasteiger partial charge is 0.325 e. The molecule has 23 heavy (non-hydrogen) atoms. The molecule has 1 heterocycles. The van der Waals surface area contributed by atoms with Crippen LogP contribution in [-0.4, -0.2) is 15.0 Å². The van der Waals surface area contributed by atoms with Gasteiger partial charge in [-0.2, -0.15) is 0 Å². The second kappa shape index (κ2) is 6.75. The van der Waals surface area contributed by atoms with Crippen molar-refractivity contribution in [2.45, 2.75) is 33.2 Å². The fourth-order valence-corrected chi connectivity index (χ4v) is 2.79. The number of hydrogen-bond acceptors (Lipinski definition) is 3. The van der Waals surface area contributed by atoms with E-state index in [0.29, 0.717) is 6.54 Å². The fourth-order valence-electron chi connectivity index (χ4n) is 2.79. The highest BCUT2D eigenvalue weighted by Crippen LogP contribution is 2.20. The van der Waals surface area contributed by atoms with Crippen LogP contribution in [0.4, 0.5) is 0 Å². The van der Waals surface area contributed by atoms with E-state index >= 15 is 0 Å². The molecule has 4 heteroatoms. The number of hydrogen-bond donors (Lipinski definition) is 1. The van der Waals surface area contributed by atoms with Gasteiger partial charge in [-0.25, -0.2) is 4.68 Å². The van der Waals surface area contributed by atoms with Crippen molar-refractivity contribution in [3.05, 3.63) is 76.6 Å². The molecule has 1 aromatic heterocycles. The van der Waals surface area contributed by atoms with Crippen LogP contribution in [0.1, 0.15) is 28.1 Å². The van der Waals surface area contributed by atoms with Gasteiger partial charge in [-0.05, 0) is 49.4 Å². The summed E-state index contributed by atoms with van der Waals surface area (Å²) in [4.78, 5) is 0. The van der Waals surface area contributed by atoms with Crippen molar-refractivity contribution in [3.8, 4) is 5.69 Å². The van der Waals surface area contributed by atoms with Crippen molar-refractivity contribution in [3.63, 3.8) is 0 Å². The molecule has 0 aliphatic heterocycles. The molecule has 0 atom stereocenters. The number of aryl methyl sites for hydroxylation is 3. The second-order valence-electron chi connectivity index (χ2n) is 5.87. The standard InChI is InChI=1S/C19H22N4/c1-14-8-9-15(2)19(12-14)23-18(17(13-20)21-22-23)11-10-16-6-4-3-5-7-16/h3-9,12H,10-11,13,20H2,1-2H3. The molecule has 0 radical (unpaired) electrons. The molecule has 0 fully saturated rings. The fraction of sp³-hybridized carbons (Fsp3) is 0.263. The molecule has 0 unspecified atom stereocenters. The lowest BCUT2D eigenvalue weighted by Crippen LogP contribution is -2.09. The Kier molecular flexibility index (Phi) is 4.53. The van der Waals surface area contributed by atoms with Gasteiger partial charge < -0.3 is 5.73 Å². The Bertz CT molecular complexity index is 790. The Morgan fingerprint density at radius 1 is 1.00 bits per heavy atom. The van der Waals surface area contributed by atoms with Gasteiger partial charge in [0.1, 0.15) is 0 Å². The molecule has 2 N–H and O–H groups in total. The van der Waals surface area contributed by atoms with Crippen LogP contribution in [0.2, 0.25) is 0 Å². The minimum atomic E-state index is 0.412. The summed E-state index contributed by atoms with van der Waals surface area (Å²) in [5.41, 5.74) is 12.6. The van der Waals surface area contributed by atoms with Crippen molar-refractivity contribution >= 4 is 0 Å². The zero-order chi connectivity index (χ0) is 16.2. The van der Waals surface area contributed by atoms with Gasteiger partial charge in [-0.3, -0.25) is 0 Å². The average Bonchev–Trinajstić information content (AvgIpc) is 2.99. The first kappa shape index (κ1) is 15.4. The molecule has 0 spiro atoms. The van der Waals surface area contributed by atoms with E-state index in [1.54, 1.807) is 0 Å². The van der Waals surface area contributed by atoms with Crippen LogP contribution in [0.5, 0.6) is 0 Å². The minimum absolute atomic E-state index is 0.412. The molecule has 4 nitrogen and oxygen atoms in total. The highest BCUT2D eigenvalue weighted by molar-refractivity contribution is 5.44. The van der Waals surface area contributed by atoms with Crippen LogP contribution in [0, 0.1) is 13.8 Å². The molecule has 0 saturated heterocycles. The number of rotatable bonds is 5. The van der Waals surface area contributed by atoms with E-state index in [4.69, 9.17) is 5.73 Å². The van der Waals surface area contributed by atoms with Gasteiger partial charge in [0.15, 0.2) is 0 Å². The van der Waals surface area contributed by atoms with Crippen LogP contribution >= 0.6 is 0 Å². The highest BCUT2D eigenvalue weighted by Gasteiger charge is 2.14. The Morgan fingerprint density at radius 2 is 1.78 bits per heavy atom. The van der Waals surface area contributed by atoms with E-state index in [1.165, 1.54) is 16.7 Å². The summed E-state index contributed by atoms with van der Waals surface area (Å²) in [5, 5.41) is 8.64. The van der Waals surface area contributed by atoms with Crippen LogP contribution in [-0.2, 0) is 19.4 Å². The number of benzene rings is 2. The second-order valence-corrected chi connectivity index (χ2v) is 5.87. The minimum Gasteiger partial charge on any atom is -0.325 e. The summed E-state index contributed by atoms with van der Waals surface area (Å²) >= 11 is 0. The molecule has 2 aromatic carbocycles. The molecule has 0 aliphatic carbocycles. The zero-order valence-electron chi connectivity index (χ0n) is 13.7. The van der Waals surface area contributed by atoms with Crippen LogP contribution in [0.15, 0.2) is 48.5 Å². The quantitative estimate of drug-likeness (QED) is 0.788. The summed E-state index contributed by atoms with van der Waals surface area (Å²) in [5.74, 6) is 0. The summed E-state index contributed by atoms with van der Waals surface area (Å²) < 4.78 is 1.95. The summed E-state index contributed by atoms with van der Waals surface area (Å²) in [6, 6.07) is 16.9. The van der Waals surface area contributed by atoms with Gasteiger partial charge in [0.2, 0.25) is 0 Å². The van der Waals surface area contributed by atoms with Crippen molar-refractivity contribution in [1.82, 2.24) is 15.0 Å². The monoisotopic (exact) mass is 306 g/mol. The Labute approximate surface area is 137 Å². The van der Waals surface area contributed by atoms with E-state index in [0.717, 1.165) is 29.9 Å². The van der Waals surface area contributed by atoms with E-state index in [2.05, 4.69) is 66.6 Å². The number of nitrogens with zero attached hydrogens (tertiary/aromatic N) is 3. The molecule has 0 saturated carbocycles. The number of nitrogens with two attached hydrogens (primary N) is 1. The highest BCUT2D eigenvalue weighted by atomic mass is 15.4. The molecular weight excluding hydrogens is 284 g/mol. The smallest absolute Gasteiger partial charge is 0.0999 e. The van der Waals surface area contributed by atoms with Crippen LogP contribution in [0.3, 0.4) is 0 Å². The van der Waals surface area contributed by atoms with Crippen molar-refractivity contribution in [2.75, 3.05) is 0 Å². The van der Waals surface area contributed by atoms with E-state index in [1.807, 2.05) is 10.7 Å². The maximum atomic E-state index is 5.86. The van der Waals surface area contributed by atoms with E-state index < -0.39 is 0 Å². The van der Waals surface area contributed by atoms with E-state index in [9.17, 15) is 0 Å². The lowest BCUT2D eigenvalue weighted by molar-refractivity contribution is 0.747. The Balaban J connectivity index is 1.95. The van der Waals surface area contributed by atoms with Crippen LogP contribution in [0.25, 0.3) is 5.69 Å². The molecule has 0 amide bonds. The maximum Gasteiger partial charge on any atom is 0.0999 e. The molecular formula is C19H22N4. The van der Waals surface area contributed by atoms with Crippen molar-refractivity contribution < 1.29 is 0 Å². The van der Waals surface area contributed by atoms with Crippen LogP contribution < -0.4 is 5.73 Å². The first-order valence-corrected chi connectivity index (χ1v) is 7.94. The molecule has 3 rings (SSSR count). The third-order valence-corrected chi connectivity index (χ3v) is 4.12. The number of aromatic nitrogens is 3. The third kappa shape index (κ3) is 3.32. The molecule has 0 bridgehead atoms. The molecule has 118 valence electrons.